The Bertz CT molecular complexity index is 1060. The van der Waals surface area contributed by atoms with E-state index in [0.29, 0.717) is 13.4 Å². The fourth-order valence-corrected chi connectivity index (χ4v) is 4.05. The standard InChI is InChI=1S/C23H24NO4/c1-3-4-9-26-20-6-5-15-10-19-17-12-22-21(27-14-28-22)11-16(17)7-8-24(19)13-18(15)23(20)25-2/h5-6,10-13H,3-4,7-9,14H2,1-2H3/q+1. The van der Waals surface area contributed by atoms with E-state index in [1.165, 1.54) is 16.8 Å². The number of hydrogen-bond acceptors (Lipinski definition) is 4. The summed E-state index contributed by atoms with van der Waals surface area (Å²) in [5.41, 5.74) is 3.70. The highest BCUT2D eigenvalue weighted by atomic mass is 16.7. The average Bonchev–Trinajstić information content (AvgIpc) is 3.18. The molecule has 0 atom stereocenters. The van der Waals surface area contributed by atoms with E-state index in [2.05, 4.69) is 42.0 Å². The van der Waals surface area contributed by atoms with E-state index in [1.807, 2.05) is 6.07 Å². The number of hydrogen-bond donors (Lipinski definition) is 0. The highest BCUT2D eigenvalue weighted by molar-refractivity contribution is 5.91. The van der Waals surface area contributed by atoms with Crippen molar-refractivity contribution in [1.29, 1.82) is 0 Å². The minimum atomic E-state index is 0.300. The lowest BCUT2D eigenvalue weighted by Gasteiger charge is -2.17. The Kier molecular flexibility index (Phi) is 4.23. The van der Waals surface area contributed by atoms with Crippen LogP contribution in [0, 0.1) is 0 Å². The van der Waals surface area contributed by atoms with Crippen LogP contribution in [0.3, 0.4) is 0 Å². The van der Waals surface area contributed by atoms with Gasteiger partial charge in [-0.3, -0.25) is 0 Å². The van der Waals surface area contributed by atoms with Gasteiger partial charge >= 0.3 is 0 Å². The van der Waals surface area contributed by atoms with Gasteiger partial charge in [0.2, 0.25) is 12.5 Å². The molecular formula is C23H24NO4+. The van der Waals surface area contributed by atoms with E-state index < -0.39 is 0 Å². The second-order valence-corrected chi connectivity index (χ2v) is 7.27. The van der Waals surface area contributed by atoms with Crippen LogP contribution < -0.4 is 23.5 Å². The summed E-state index contributed by atoms with van der Waals surface area (Å²) in [7, 11) is 1.71. The third kappa shape index (κ3) is 2.73. The third-order valence-electron chi connectivity index (χ3n) is 5.54. The van der Waals surface area contributed by atoms with E-state index in [4.69, 9.17) is 18.9 Å². The molecule has 0 radical (unpaired) electrons. The molecule has 0 saturated carbocycles. The van der Waals surface area contributed by atoms with Crippen LogP contribution in [0.15, 0.2) is 36.5 Å². The summed E-state index contributed by atoms with van der Waals surface area (Å²) in [6.07, 6.45) is 5.29. The number of methoxy groups -OCH3 is 1. The largest absolute Gasteiger partial charge is 0.492 e. The molecule has 0 saturated heterocycles. The van der Waals surface area contributed by atoms with Gasteiger partial charge in [0.15, 0.2) is 35.7 Å². The maximum atomic E-state index is 5.96. The van der Waals surface area contributed by atoms with Crippen LogP contribution in [-0.4, -0.2) is 20.5 Å². The number of fused-ring (bicyclic) bond motifs is 5. The zero-order valence-electron chi connectivity index (χ0n) is 16.3. The Morgan fingerprint density at radius 1 is 1.11 bits per heavy atom. The molecular weight excluding hydrogens is 354 g/mol. The van der Waals surface area contributed by atoms with Crippen molar-refractivity contribution in [2.45, 2.75) is 32.7 Å². The summed E-state index contributed by atoms with van der Waals surface area (Å²) in [6.45, 7) is 4.08. The van der Waals surface area contributed by atoms with Gasteiger partial charge < -0.3 is 18.9 Å². The second kappa shape index (κ2) is 6.89. The van der Waals surface area contributed by atoms with Gasteiger partial charge in [0, 0.05) is 12.5 Å². The monoisotopic (exact) mass is 378 g/mol. The normalized spacial score (nSPS) is 13.9. The zero-order chi connectivity index (χ0) is 19.1. The molecule has 2 aliphatic heterocycles. The Hall–Kier alpha value is -2.95. The zero-order valence-corrected chi connectivity index (χ0v) is 16.3. The third-order valence-corrected chi connectivity index (χ3v) is 5.54. The minimum Gasteiger partial charge on any atom is -0.492 e. The number of rotatable bonds is 5. The number of ether oxygens (including phenoxy) is 4. The molecule has 0 N–H and O–H groups in total. The maximum absolute atomic E-state index is 5.96. The van der Waals surface area contributed by atoms with Crippen LogP contribution in [-0.2, 0) is 13.0 Å². The maximum Gasteiger partial charge on any atom is 0.231 e. The number of aromatic nitrogens is 1. The molecule has 3 heterocycles. The number of unbranched alkanes of at least 4 members (excludes halogenated alkanes) is 1. The van der Waals surface area contributed by atoms with E-state index in [1.54, 1.807) is 7.11 Å². The SMILES string of the molecule is CCCCOc1ccc2cc3[n+](cc2c1OC)CCc1cc2c(cc1-3)OCO2. The van der Waals surface area contributed by atoms with Crippen molar-refractivity contribution in [3.8, 4) is 34.3 Å². The molecule has 1 aromatic heterocycles. The molecule has 2 aliphatic rings. The highest BCUT2D eigenvalue weighted by Gasteiger charge is 2.28. The van der Waals surface area contributed by atoms with Gasteiger partial charge in [-0.25, -0.2) is 0 Å². The predicted molar refractivity (Wildman–Crippen MR) is 106 cm³/mol. The molecule has 0 amide bonds. The van der Waals surface area contributed by atoms with Crippen molar-refractivity contribution < 1.29 is 23.5 Å². The topological polar surface area (TPSA) is 40.8 Å². The minimum absolute atomic E-state index is 0.300. The number of aryl methyl sites for hydroxylation is 2. The summed E-state index contributed by atoms with van der Waals surface area (Å²) >= 11 is 0. The molecule has 144 valence electrons. The summed E-state index contributed by atoms with van der Waals surface area (Å²) in [6, 6.07) is 10.6. The average molecular weight is 378 g/mol. The van der Waals surface area contributed by atoms with Crippen LogP contribution in [0.4, 0.5) is 0 Å². The summed E-state index contributed by atoms with van der Waals surface area (Å²) < 4.78 is 25.1. The van der Waals surface area contributed by atoms with E-state index in [0.717, 1.165) is 59.6 Å². The van der Waals surface area contributed by atoms with Crippen molar-refractivity contribution in [3.63, 3.8) is 0 Å². The first-order chi connectivity index (χ1) is 13.8. The summed E-state index contributed by atoms with van der Waals surface area (Å²) in [5.74, 6) is 3.29. The Balaban J connectivity index is 1.62. The lowest BCUT2D eigenvalue weighted by Crippen LogP contribution is -2.40. The number of nitrogens with zero attached hydrogens (tertiary/aromatic N) is 1. The van der Waals surface area contributed by atoms with Crippen molar-refractivity contribution >= 4 is 10.8 Å². The van der Waals surface area contributed by atoms with E-state index in [-0.39, 0.29) is 0 Å². The first-order valence-corrected chi connectivity index (χ1v) is 9.88. The van der Waals surface area contributed by atoms with Crippen LogP contribution >= 0.6 is 0 Å². The Morgan fingerprint density at radius 2 is 1.96 bits per heavy atom. The smallest absolute Gasteiger partial charge is 0.231 e. The fourth-order valence-electron chi connectivity index (χ4n) is 4.05. The molecule has 0 unspecified atom stereocenters. The van der Waals surface area contributed by atoms with Crippen molar-refractivity contribution in [1.82, 2.24) is 0 Å². The summed E-state index contributed by atoms with van der Waals surface area (Å²) in [5, 5.41) is 2.21. The van der Waals surface area contributed by atoms with Crippen molar-refractivity contribution in [2.75, 3.05) is 20.5 Å². The van der Waals surface area contributed by atoms with Gasteiger partial charge in [0.1, 0.15) is 0 Å². The molecule has 3 aromatic rings. The van der Waals surface area contributed by atoms with Gasteiger partial charge in [-0.2, -0.15) is 4.57 Å². The molecule has 0 bridgehead atoms. The molecule has 0 spiro atoms. The molecule has 0 fully saturated rings. The lowest BCUT2D eigenvalue weighted by atomic mass is 9.95. The quantitative estimate of drug-likeness (QED) is 0.491. The van der Waals surface area contributed by atoms with Gasteiger partial charge in [-0.05, 0) is 41.6 Å². The van der Waals surface area contributed by atoms with Crippen LogP contribution in [0.25, 0.3) is 22.0 Å². The summed E-state index contributed by atoms with van der Waals surface area (Å²) in [4.78, 5) is 0. The second-order valence-electron chi connectivity index (χ2n) is 7.27. The van der Waals surface area contributed by atoms with Gasteiger partial charge in [0.05, 0.1) is 24.7 Å². The van der Waals surface area contributed by atoms with Crippen LogP contribution in [0.1, 0.15) is 25.3 Å². The van der Waals surface area contributed by atoms with Crippen molar-refractivity contribution in [3.05, 3.63) is 42.1 Å². The first kappa shape index (κ1) is 17.2. The molecule has 28 heavy (non-hydrogen) atoms. The number of pyridine rings is 1. The lowest BCUT2D eigenvalue weighted by molar-refractivity contribution is -0.686. The van der Waals surface area contributed by atoms with Crippen LogP contribution in [0.2, 0.25) is 0 Å². The number of benzene rings is 2. The molecule has 2 aromatic carbocycles. The van der Waals surface area contributed by atoms with Crippen LogP contribution in [0.5, 0.6) is 23.0 Å². The van der Waals surface area contributed by atoms with Gasteiger partial charge in [-0.1, -0.05) is 13.3 Å². The van der Waals surface area contributed by atoms with Gasteiger partial charge in [-0.15, -0.1) is 0 Å². The Labute approximate surface area is 164 Å². The van der Waals surface area contributed by atoms with Crippen molar-refractivity contribution in [2.24, 2.45) is 0 Å². The Morgan fingerprint density at radius 3 is 2.79 bits per heavy atom. The highest BCUT2D eigenvalue weighted by Crippen LogP contribution is 2.41. The molecule has 5 heteroatoms. The first-order valence-electron chi connectivity index (χ1n) is 9.88. The predicted octanol–water partition coefficient (Wildman–Crippen LogP) is 4.27. The fraction of sp³-hybridized carbons (Fsp3) is 0.348. The molecule has 5 nitrogen and oxygen atoms in total. The van der Waals surface area contributed by atoms with Gasteiger partial charge in [0.25, 0.3) is 0 Å². The molecule has 0 aliphatic carbocycles. The van der Waals surface area contributed by atoms with E-state index in [9.17, 15) is 0 Å². The molecule has 5 rings (SSSR count). The van der Waals surface area contributed by atoms with E-state index >= 15 is 0 Å².